The standard InChI is InChI=1S/C18H17N3O2/c1-3-22-13-5-6-14-16(10-13)21-15-9-12(7-8-19)18(23-4-2)11-17(15)20-14/h5-6,9-11H,3-4,7H2,1-2H3. The van der Waals surface area contributed by atoms with Crippen molar-refractivity contribution in [3.8, 4) is 17.6 Å². The van der Waals surface area contributed by atoms with Gasteiger partial charge < -0.3 is 9.47 Å². The number of benzene rings is 2. The molecule has 1 aromatic heterocycles. The third-order valence-corrected chi connectivity index (χ3v) is 3.47. The van der Waals surface area contributed by atoms with Crippen molar-refractivity contribution in [1.82, 2.24) is 9.97 Å². The van der Waals surface area contributed by atoms with E-state index in [9.17, 15) is 0 Å². The molecule has 1 heterocycles. The van der Waals surface area contributed by atoms with Crippen LogP contribution >= 0.6 is 0 Å². The van der Waals surface area contributed by atoms with Crippen LogP contribution in [0.1, 0.15) is 19.4 Å². The van der Waals surface area contributed by atoms with Crippen LogP contribution in [0.15, 0.2) is 30.3 Å². The molecule has 0 unspecified atom stereocenters. The quantitative estimate of drug-likeness (QED) is 0.673. The zero-order valence-electron chi connectivity index (χ0n) is 13.2. The van der Waals surface area contributed by atoms with Gasteiger partial charge in [0.05, 0.1) is 47.8 Å². The number of nitriles is 1. The number of fused-ring (bicyclic) bond motifs is 2. The van der Waals surface area contributed by atoms with Gasteiger partial charge in [-0.15, -0.1) is 0 Å². The van der Waals surface area contributed by atoms with Crippen molar-refractivity contribution >= 4 is 22.1 Å². The molecule has 23 heavy (non-hydrogen) atoms. The van der Waals surface area contributed by atoms with Gasteiger partial charge in [-0.3, -0.25) is 0 Å². The van der Waals surface area contributed by atoms with Crippen molar-refractivity contribution in [2.45, 2.75) is 20.3 Å². The molecular weight excluding hydrogens is 290 g/mol. The molecule has 2 aromatic carbocycles. The molecule has 0 aliphatic carbocycles. The summed E-state index contributed by atoms with van der Waals surface area (Å²) in [6.45, 7) is 5.01. The zero-order valence-corrected chi connectivity index (χ0v) is 13.2. The predicted octanol–water partition coefficient (Wildman–Crippen LogP) is 3.65. The van der Waals surface area contributed by atoms with Gasteiger partial charge in [-0.25, -0.2) is 9.97 Å². The number of hydrogen-bond acceptors (Lipinski definition) is 5. The van der Waals surface area contributed by atoms with E-state index in [2.05, 4.69) is 16.0 Å². The van der Waals surface area contributed by atoms with Crippen molar-refractivity contribution in [3.63, 3.8) is 0 Å². The minimum Gasteiger partial charge on any atom is -0.494 e. The lowest BCUT2D eigenvalue weighted by Gasteiger charge is -2.10. The molecular formula is C18H17N3O2. The van der Waals surface area contributed by atoms with E-state index in [0.717, 1.165) is 33.4 Å². The molecule has 0 N–H and O–H groups in total. The maximum absolute atomic E-state index is 8.99. The Labute approximate surface area is 134 Å². The zero-order chi connectivity index (χ0) is 16.2. The molecule has 0 aliphatic rings. The summed E-state index contributed by atoms with van der Waals surface area (Å²) in [5.74, 6) is 1.47. The van der Waals surface area contributed by atoms with Gasteiger partial charge in [-0.2, -0.15) is 5.26 Å². The first kappa shape index (κ1) is 15.0. The highest BCUT2D eigenvalue weighted by Gasteiger charge is 2.10. The summed E-state index contributed by atoms with van der Waals surface area (Å²) in [6, 6.07) is 11.6. The lowest BCUT2D eigenvalue weighted by Crippen LogP contribution is -1.98. The molecule has 3 aromatic rings. The van der Waals surface area contributed by atoms with Gasteiger partial charge in [-0.05, 0) is 32.0 Å². The third kappa shape index (κ3) is 3.02. The van der Waals surface area contributed by atoms with Crippen LogP contribution in [0.2, 0.25) is 0 Å². The van der Waals surface area contributed by atoms with Gasteiger partial charge in [0.1, 0.15) is 11.5 Å². The van der Waals surface area contributed by atoms with Crippen LogP contribution in [0.4, 0.5) is 0 Å². The first-order valence-corrected chi connectivity index (χ1v) is 7.62. The Morgan fingerprint density at radius 1 is 0.913 bits per heavy atom. The van der Waals surface area contributed by atoms with E-state index in [1.165, 1.54) is 0 Å². The van der Waals surface area contributed by atoms with Gasteiger partial charge >= 0.3 is 0 Å². The Kier molecular flexibility index (Phi) is 4.24. The molecule has 5 nitrogen and oxygen atoms in total. The van der Waals surface area contributed by atoms with E-state index in [0.29, 0.717) is 19.0 Å². The Balaban J connectivity index is 2.18. The topological polar surface area (TPSA) is 68.0 Å². The number of hydrogen-bond donors (Lipinski definition) is 0. The van der Waals surface area contributed by atoms with Crippen LogP contribution in [0.3, 0.4) is 0 Å². The van der Waals surface area contributed by atoms with Crippen molar-refractivity contribution in [1.29, 1.82) is 5.26 Å². The number of aromatic nitrogens is 2. The second-order valence-corrected chi connectivity index (χ2v) is 5.02. The lowest BCUT2D eigenvalue weighted by molar-refractivity contribution is 0.337. The summed E-state index contributed by atoms with van der Waals surface area (Å²) in [7, 11) is 0. The van der Waals surface area contributed by atoms with E-state index in [4.69, 9.17) is 14.7 Å². The van der Waals surface area contributed by atoms with Gasteiger partial charge in [0.25, 0.3) is 0 Å². The Hall–Kier alpha value is -2.87. The monoisotopic (exact) mass is 307 g/mol. The fourth-order valence-corrected chi connectivity index (χ4v) is 2.50. The molecule has 5 heteroatoms. The highest BCUT2D eigenvalue weighted by molar-refractivity contribution is 5.88. The highest BCUT2D eigenvalue weighted by atomic mass is 16.5. The molecule has 0 atom stereocenters. The lowest BCUT2D eigenvalue weighted by atomic mass is 10.1. The molecule has 3 rings (SSSR count). The van der Waals surface area contributed by atoms with E-state index in [1.807, 2.05) is 44.2 Å². The van der Waals surface area contributed by atoms with Gasteiger partial charge in [0.2, 0.25) is 0 Å². The highest BCUT2D eigenvalue weighted by Crippen LogP contribution is 2.27. The van der Waals surface area contributed by atoms with E-state index in [1.54, 1.807) is 0 Å². The summed E-state index contributed by atoms with van der Waals surface area (Å²) in [4.78, 5) is 9.30. The van der Waals surface area contributed by atoms with Crippen molar-refractivity contribution in [2.75, 3.05) is 13.2 Å². The largest absolute Gasteiger partial charge is 0.494 e. The van der Waals surface area contributed by atoms with Gasteiger partial charge in [-0.1, -0.05) is 0 Å². The third-order valence-electron chi connectivity index (χ3n) is 3.47. The summed E-state index contributed by atoms with van der Waals surface area (Å²) >= 11 is 0. The van der Waals surface area contributed by atoms with Crippen LogP contribution in [0.5, 0.6) is 11.5 Å². The molecule has 0 bridgehead atoms. The average molecular weight is 307 g/mol. The second-order valence-electron chi connectivity index (χ2n) is 5.02. The van der Waals surface area contributed by atoms with Crippen molar-refractivity contribution in [3.05, 3.63) is 35.9 Å². The van der Waals surface area contributed by atoms with Crippen LogP contribution in [-0.4, -0.2) is 23.2 Å². The van der Waals surface area contributed by atoms with Crippen molar-refractivity contribution < 1.29 is 9.47 Å². The van der Waals surface area contributed by atoms with Crippen LogP contribution in [0, 0.1) is 11.3 Å². The normalized spacial score (nSPS) is 10.7. The molecule has 0 saturated heterocycles. The molecule has 0 spiro atoms. The fraction of sp³-hybridized carbons (Fsp3) is 0.278. The molecule has 0 aliphatic heterocycles. The summed E-state index contributed by atoms with van der Waals surface area (Å²) in [5.41, 5.74) is 3.91. The van der Waals surface area contributed by atoms with E-state index >= 15 is 0 Å². The molecule has 0 radical (unpaired) electrons. The predicted molar refractivity (Wildman–Crippen MR) is 88.7 cm³/mol. The molecule has 116 valence electrons. The molecule has 0 fully saturated rings. The number of ether oxygens (including phenoxy) is 2. The maximum atomic E-state index is 8.99. The SMILES string of the molecule is CCOc1ccc2nc3cc(OCC)c(CC#N)cc3nc2c1. The molecule has 0 saturated carbocycles. The maximum Gasteiger partial charge on any atom is 0.125 e. The first-order chi connectivity index (χ1) is 11.2. The van der Waals surface area contributed by atoms with Crippen LogP contribution in [-0.2, 0) is 6.42 Å². The van der Waals surface area contributed by atoms with E-state index < -0.39 is 0 Å². The fourth-order valence-electron chi connectivity index (χ4n) is 2.50. The summed E-state index contributed by atoms with van der Waals surface area (Å²) in [6.07, 6.45) is 0.282. The number of rotatable bonds is 5. The van der Waals surface area contributed by atoms with E-state index in [-0.39, 0.29) is 6.42 Å². The Bertz CT molecular complexity index is 900. The number of nitrogens with zero attached hydrogens (tertiary/aromatic N) is 3. The minimum atomic E-state index is 0.282. The second kappa shape index (κ2) is 6.49. The van der Waals surface area contributed by atoms with Crippen LogP contribution < -0.4 is 9.47 Å². The summed E-state index contributed by atoms with van der Waals surface area (Å²) < 4.78 is 11.1. The summed E-state index contributed by atoms with van der Waals surface area (Å²) in [5, 5.41) is 8.99. The molecule has 0 amide bonds. The average Bonchev–Trinajstić information content (AvgIpc) is 2.54. The Morgan fingerprint density at radius 2 is 1.61 bits per heavy atom. The van der Waals surface area contributed by atoms with Crippen molar-refractivity contribution in [2.24, 2.45) is 0 Å². The van der Waals surface area contributed by atoms with Gasteiger partial charge in [0.15, 0.2) is 0 Å². The Morgan fingerprint density at radius 3 is 2.35 bits per heavy atom. The van der Waals surface area contributed by atoms with Gasteiger partial charge in [0, 0.05) is 17.7 Å². The minimum absolute atomic E-state index is 0.282. The smallest absolute Gasteiger partial charge is 0.125 e. The van der Waals surface area contributed by atoms with Crippen LogP contribution in [0.25, 0.3) is 22.1 Å². The first-order valence-electron chi connectivity index (χ1n) is 7.62.